The molecule has 0 aliphatic heterocycles. The van der Waals surface area contributed by atoms with Crippen LogP contribution in [0.5, 0.6) is 0 Å². The quantitative estimate of drug-likeness (QED) is 0.152. The van der Waals surface area contributed by atoms with Gasteiger partial charge in [0.15, 0.2) is 0 Å². The summed E-state index contributed by atoms with van der Waals surface area (Å²) in [6, 6.07) is 85.0. The summed E-state index contributed by atoms with van der Waals surface area (Å²) >= 11 is 1.86. The Morgan fingerprint density at radius 3 is 1.75 bits per heavy atom. The largest absolute Gasteiger partial charge is 0.310 e. The number of benzene rings is 11. The molecule has 0 saturated heterocycles. The molecule has 2 nitrogen and oxygen atoms in total. The first-order valence-electron chi connectivity index (χ1n) is 21.6. The second-order valence-electron chi connectivity index (χ2n) is 16.5. The van der Waals surface area contributed by atoms with Gasteiger partial charge in [-0.2, -0.15) is 0 Å². The first-order valence-corrected chi connectivity index (χ1v) is 22.4. The van der Waals surface area contributed by atoms with Crippen molar-refractivity contribution >= 4 is 103 Å². The van der Waals surface area contributed by atoms with Crippen molar-refractivity contribution in [1.82, 2.24) is 4.57 Å². The van der Waals surface area contributed by atoms with E-state index in [1.54, 1.807) is 0 Å². The van der Waals surface area contributed by atoms with Crippen LogP contribution in [0.3, 0.4) is 0 Å². The van der Waals surface area contributed by atoms with Crippen LogP contribution >= 0.6 is 11.3 Å². The van der Waals surface area contributed by atoms with E-state index < -0.39 is 0 Å². The molecule has 63 heavy (non-hydrogen) atoms. The van der Waals surface area contributed by atoms with Gasteiger partial charge in [0.2, 0.25) is 0 Å². The molecule has 0 amide bonds. The molecule has 2 aromatic heterocycles. The van der Waals surface area contributed by atoms with Crippen molar-refractivity contribution in [2.24, 2.45) is 0 Å². The Bertz CT molecular complexity index is 3910. The molecule has 0 aliphatic carbocycles. The van der Waals surface area contributed by atoms with E-state index >= 15 is 0 Å². The summed E-state index contributed by atoms with van der Waals surface area (Å²) in [5.41, 5.74) is 11.7. The highest BCUT2D eigenvalue weighted by Crippen LogP contribution is 2.48. The first kappa shape index (κ1) is 35.7. The Morgan fingerprint density at radius 2 is 0.937 bits per heavy atom. The highest BCUT2D eigenvalue weighted by Gasteiger charge is 2.24. The van der Waals surface area contributed by atoms with Crippen molar-refractivity contribution in [1.29, 1.82) is 0 Å². The molecular weight excluding hydrogens is 781 g/mol. The van der Waals surface area contributed by atoms with Crippen molar-refractivity contribution in [3.8, 4) is 27.9 Å². The average Bonchev–Trinajstić information content (AvgIpc) is 3.90. The first-order chi connectivity index (χ1) is 31.2. The van der Waals surface area contributed by atoms with Crippen LogP contribution in [0.15, 0.2) is 231 Å². The van der Waals surface area contributed by atoms with Crippen LogP contribution in [0.1, 0.15) is 0 Å². The van der Waals surface area contributed by atoms with Crippen molar-refractivity contribution < 1.29 is 0 Å². The fourth-order valence-electron chi connectivity index (χ4n) is 10.1. The van der Waals surface area contributed by atoms with Crippen LogP contribution in [0, 0.1) is 0 Å². The van der Waals surface area contributed by atoms with Gasteiger partial charge in [-0.05, 0) is 110 Å². The normalized spacial score (nSPS) is 11.8. The maximum atomic E-state index is 2.52. The van der Waals surface area contributed by atoms with Gasteiger partial charge in [-0.1, -0.05) is 164 Å². The summed E-state index contributed by atoms with van der Waals surface area (Å²) in [6.45, 7) is 0. The average molecular weight is 819 g/mol. The molecule has 0 bridgehead atoms. The molecule has 3 heteroatoms. The smallest absolute Gasteiger partial charge is 0.0620 e. The Labute approximate surface area is 368 Å². The molecule has 0 atom stereocenters. The molecule has 0 fully saturated rings. The zero-order valence-electron chi connectivity index (χ0n) is 34.2. The van der Waals surface area contributed by atoms with Crippen molar-refractivity contribution in [3.63, 3.8) is 0 Å². The third-order valence-corrected chi connectivity index (χ3v) is 14.0. The minimum absolute atomic E-state index is 1.10. The minimum atomic E-state index is 1.10. The van der Waals surface area contributed by atoms with Gasteiger partial charge in [0.1, 0.15) is 0 Å². The lowest BCUT2D eigenvalue weighted by molar-refractivity contribution is 1.20. The van der Waals surface area contributed by atoms with E-state index in [0.29, 0.717) is 0 Å². The van der Waals surface area contributed by atoms with Crippen LogP contribution in [0.2, 0.25) is 0 Å². The minimum Gasteiger partial charge on any atom is -0.310 e. The highest BCUT2D eigenvalue weighted by atomic mass is 32.1. The Hall–Kier alpha value is -7.98. The van der Waals surface area contributed by atoms with E-state index in [1.165, 1.54) is 96.7 Å². The molecule has 294 valence electrons. The van der Waals surface area contributed by atoms with Gasteiger partial charge in [-0.15, -0.1) is 11.3 Å². The lowest BCUT2D eigenvalue weighted by atomic mass is 9.95. The zero-order valence-corrected chi connectivity index (χ0v) is 35.1. The summed E-state index contributed by atoms with van der Waals surface area (Å²) in [7, 11) is 0. The molecule has 0 unspecified atom stereocenters. The van der Waals surface area contributed by atoms with Crippen molar-refractivity contribution in [2.45, 2.75) is 0 Å². The number of nitrogens with zero attached hydrogens (tertiary/aromatic N) is 2. The second-order valence-corrected chi connectivity index (χ2v) is 17.5. The predicted molar refractivity (Wildman–Crippen MR) is 272 cm³/mol. The number of hydrogen-bond donors (Lipinski definition) is 0. The van der Waals surface area contributed by atoms with E-state index in [-0.39, 0.29) is 0 Å². The highest BCUT2D eigenvalue weighted by molar-refractivity contribution is 7.26. The van der Waals surface area contributed by atoms with Gasteiger partial charge in [0.25, 0.3) is 0 Å². The van der Waals surface area contributed by atoms with Gasteiger partial charge in [0, 0.05) is 53.3 Å². The van der Waals surface area contributed by atoms with Crippen LogP contribution in [0.4, 0.5) is 17.1 Å². The summed E-state index contributed by atoms with van der Waals surface area (Å²) in [5, 5.41) is 12.4. The van der Waals surface area contributed by atoms with E-state index in [1.807, 2.05) is 11.3 Å². The second kappa shape index (κ2) is 14.3. The third-order valence-electron chi connectivity index (χ3n) is 12.9. The third kappa shape index (κ3) is 5.71. The topological polar surface area (TPSA) is 8.17 Å². The van der Waals surface area contributed by atoms with Crippen LogP contribution in [-0.4, -0.2) is 4.57 Å². The molecule has 13 rings (SSSR count). The molecule has 0 spiro atoms. The summed E-state index contributed by atoms with van der Waals surface area (Å²) < 4.78 is 5.09. The Kier molecular flexibility index (Phi) is 8.12. The van der Waals surface area contributed by atoms with Crippen LogP contribution in [0.25, 0.3) is 102 Å². The maximum absolute atomic E-state index is 2.52. The van der Waals surface area contributed by atoms with Crippen molar-refractivity contribution in [3.05, 3.63) is 231 Å². The molecule has 13 aromatic rings. The summed E-state index contributed by atoms with van der Waals surface area (Å²) in [6.07, 6.45) is 0. The van der Waals surface area contributed by atoms with Gasteiger partial charge >= 0.3 is 0 Å². The molecule has 0 N–H and O–H groups in total. The summed E-state index contributed by atoms with van der Waals surface area (Å²) in [5.74, 6) is 0. The number of aromatic nitrogens is 1. The molecule has 0 aliphatic rings. The molecule has 0 saturated carbocycles. The van der Waals surface area contributed by atoms with Crippen LogP contribution in [-0.2, 0) is 0 Å². The lowest BCUT2D eigenvalue weighted by Crippen LogP contribution is -2.10. The Morgan fingerprint density at radius 1 is 0.349 bits per heavy atom. The maximum Gasteiger partial charge on any atom is 0.0620 e. The van der Waals surface area contributed by atoms with Gasteiger partial charge < -0.3 is 9.47 Å². The standard InChI is InChI=1S/C60H38N2S/c1-3-15-39(16-4-1)44-35-51(41-17-5-2-6-18-41)60-53(36-44)52-38-46(33-34-55(52)62(60)54-25-13-21-40-19-8-10-23-48(40)54)61(56-26-14-28-58-59(56)49-24-11-12-27-57(49)63-58)45-32-31-43-30-29-42-20-7-9-22-47(42)50(43)37-45/h1-38H. The molecule has 0 radical (unpaired) electrons. The van der Waals surface area contributed by atoms with E-state index in [2.05, 4.69) is 240 Å². The van der Waals surface area contributed by atoms with E-state index in [9.17, 15) is 0 Å². The fraction of sp³-hybridized carbons (Fsp3) is 0. The number of fused-ring (bicyclic) bond motifs is 10. The zero-order chi connectivity index (χ0) is 41.4. The number of anilines is 3. The SMILES string of the molecule is c1ccc(-c2cc(-c3ccccc3)c3c(c2)c2cc(N(c4ccc5ccc6ccccc6c5c4)c4cccc5sc6ccccc6c45)ccc2n3-c2cccc3ccccc23)cc1. The number of hydrogen-bond acceptors (Lipinski definition) is 2. The summed E-state index contributed by atoms with van der Waals surface area (Å²) in [4.78, 5) is 2.50. The molecular formula is C60H38N2S. The van der Waals surface area contributed by atoms with Crippen molar-refractivity contribution in [2.75, 3.05) is 4.90 Å². The predicted octanol–water partition coefficient (Wildman–Crippen LogP) is 17.4. The number of rotatable bonds is 6. The molecule has 11 aromatic carbocycles. The monoisotopic (exact) mass is 818 g/mol. The van der Waals surface area contributed by atoms with Gasteiger partial charge in [-0.3, -0.25) is 0 Å². The molecule has 2 heterocycles. The lowest BCUT2D eigenvalue weighted by Gasteiger charge is -2.27. The van der Waals surface area contributed by atoms with Crippen LogP contribution < -0.4 is 4.90 Å². The van der Waals surface area contributed by atoms with E-state index in [4.69, 9.17) is 0 Å². The number of thiophene rings is 1. The van der Waals surface area contributed by atoms with E-state index in [0.717, 1.165) is 22.6 Å². The fourth-order valence-corrected chi connectivity index (χ4v) is 11.2. The van der Waals surface area contributed by atoms with Gasteiger partial charge in [-0.25, -0.2) is 0 Å². The Balaban J connectivity index is 1.16. The van der Waals surface area contributed by atoms with Gasteiger partial charge in [0.05, 0.1) is 22.4 Å².